The van der Waals surface area contributed by atoms with Crippen LogP contribution in [-0.2, 0) is 16.0 Å². The summed E-state index contributed by atoms with van der Waals surface area (Å²) in [6.07, 6.45) is 0.691. The molecule has 0 spiro atoms. The summed E-state index contributed by atoms with van der Waals surface area (Å²) in [5.74, 6) is 0.540. The highest BCUT2D eigenvalue weighted by Crippen LogP contribution is 2.15. The van der Waals surface area contributed by atoms with E-state index in [-0.39, 0.29) is 11.9 Å². The molecule has 3 heteroatoms. The summed E-state index contributed by atoms with van der Waals surface area (Å²) < 4.78 is 9.72. The fraction of sp³-hybridized carbons (Fsp3) is 0.500. The van der Waals surface area contributed by atoms with Crippen molar-refractivity contribution >= 4 is 5.97 Å². The van der Waals surface area contributed by atoms with Crippen LogP contribution in [0.4, 0.5) is 0 Å². The lowest BCUT2D eigenvalue weighted by Gasteiger charge is -2.09. The Bertz CT molecular complexity index is 317. The van der Waals surface area contributed by atoms with E-state index in [4.69, 9.17) is 4.74 Å². The Balaban J connectivity index is 0.00000121. The number of carbonyl (C=O) groups excluding carboxylic acids is 1. The summed E-state index contributed by atoms with van der Waals surface area (Å²) in [4.78, 5) is 11.2. The van der Waals surface area contributed by atoms with Crippen molar-refractivity contribution in [1.29, 1.82) is 0 Å². The maximum atomic E-state index is 11.2. The van der Waals surface area contributed by atoms with Gasteiger partial charge in [0.1, 0.15) is 5.75 Å². The van der Waals surface area contributed by atoms with Gasteiger partial charge in [0.05, 0.1) is 20.1 Å². The summed E-state index contributed by atoms with van der Waals surface area (Å²) in [5, 5.41) is 0. The van der Waals surface area contributed by atoms with E-state index >= 15 is 0 Å². The number of hydrogen-bond donors (Lipinski definition) is 0. The lowest BCUT2D eigenvalue weighted by Crippen LogP contribution is -2.14. The Hall–Kier alpha value is -1.51. The Labute approximate surface area is 104 Å². The van der Waals surface area contributed by atoms with Gasteiger partial charge in [-0.3, -0.25) is 4.79 Å². The smallest absolute Gasteiger partial charge is 0.308 e. The number of hydrogen-bond acceptors (Lipinski definition) is 3. The molecule has 0 fully saturated rings. The van der Waals surface area contributed by atoms with E-state index in [1.807, 2.05) is 45.0 Å². The third kappa shape index (κ3) is 5.38. The summed E-state index contributed by atoms with van der Waals surface area (Å²) in [7, 11) is 3.04. The van der Waals surface area contributed by atoms with Crippen LogP contribution >= 0.6 is 0 Å². The van der Waals surface area contributed by atoms with Crippen molar-refractivity contribution in [2.24, 2.45) is 5.92 Å². The highest BCUT2D eigenvalue weighted by molar-refractivity contribution is 5.72. The number of methoxy groups -OCH3 is 2. The third-order valence-corrected chi connectivity index (χ3v) is 2.30. The first-order chi connectivity index (χ1) is 8.17. The van der Waals surface area contributed by atoms with Gasteiger partial charge in [0.15, 0.2) is 0 Å². The van der Waals surface area contributed by atoms with Crippen LogP contribution in [0.2, 0.25) is 0 Å². The van der Waals surface area contributed by atoms with Crippen LogP contribution < -0.4 is 4.74 Å². The summed E-state index contributed by atoms with van der Waals surface area (Å²) in [6, 6.07) is 7.69. The zero-order valence-corrected chi connectivity index (χ0v) is 11.3. The molecule has 1 unspecified atom stereocenters. The number of benzene rings is 1. The number of rotatable bonds is 4. The van der Waals surface area contributed by atoms with Crippen LogP contribution in [-0.4, -0.2) is 20.2 Å². The number of esters is 1. The van der Waals surface area contributed by atoms with Crippen LogP contribution in [0.3, 0.4) is 0 Å². The minimum Gasteiger partial charge on any atom is -0.497 e. The van der Waals surface area contributed by atoms with Gasteiger partial charge in [-0.05, 0) is 24.1 Å². The van der Waals surface area contributed by atoms with E-state index in [9.17, 15) is 4.79 Å². The summed E-state index contributed by atoms with van der Waals surface area (Å²) >= 11 is 0. The minimum absolute atomic E-state index is 0.108. The monoisotopic (exact) mass is 238 g/mol. The topological polar surface area (TPSA) is 35.5 Å². The zero-order chi connectivity index (χ0) is 13.3. The molecule has 1 aromatic rings. The molecule has 1 atom stereocenters. The predicted octanol–water partition coefficient (Wildman–Crippen LogP) is 3.07. The fourth-order valence-electron chi connectivity index (χ4n) is 1.40. The molecule has 0 aliphatic heterocycles. The Kier molecular flexibility index (Phi) is 7.85. The van der Waals surface area contributed by atoms with E-state index in [1.54, 1.807) is 7.11 Å². The molecule has 0 saturated carbocycles. The molecule has 96 valence electrons. The number of carbonyl (C=O) groups is 1. The predicted molar refractivity (Wildman–Crippen MR) is 69.2 cm³/mol. The van der Waals surface area contributed by atoms with E-state index in [0.29, 0.717) is 6.42 Å². The van der Waals surface area contributed by atoms with Gasteiger partial charge in [-0.2, -0.15) is 0 Å². The second kappa shape index (κ2) is 8.62. The molecule has 17 heavy (non-hydrogen) atoms. The lowest BCUT2D eigenvalue weighted by atomic mass is 10.0. The van der Waals surface area contributed by atoms with Crippen LogP contribution in [0.1, 0.15) is 26.3 Å². The molecular formula is C14H22O3. The van der Waals surface area contributed by atoms with Crippen molar-refractivity contribution in [2.75, 3.05) is 14.2 Å². The number of ether oxygens (including phenoxy) is 2. The van der Waals surface area contributed by atoms with Gasteiger partial charge in [-0.25, -0.2) is 0 Å². The van der Waals surface area contributed by atoms with Crippen molar-refractivity contribution in [3.63, 3.8) is 0 Å². The molecular weight excluding hydrogens is 216 g/mol. The van der Waals surface area contributed by atoms with E-state index in [0.717, 1.165) is 11.3 Å². The van der Waals surface area contributed by atoms with Gasteiger partial charge in [0, 0.05) is 0 Å². The lowest BCUT2D eigenvalue weighted by molar-refractivity contribution is -0.144. The SMILES string of the molecule is CC.COC(=O)C(C)Cc1ccc(OC)cc1. The van der Waals surface area contributed by atoms with Crippen LogP contribution in [0, 0.1) is 5.92 Å². The molecule has 0 heterocycles. The van der Waals surface area contributed by atoms with Crippen LogP contribution in [0.15, 0.2) is 24.3 Å². The first-order valence-corrected chi connectivity index (χ1v) is 5.88. The molecule has 0 saturated heterocycles. The molecule has 0 radical (unpaired) electrons. The average molecular weight is 238 g/mol. The molecule has 0 amide bonds. The molecule has 0 aliphatic rings. The van der Waals surface area contributed by atoms with Crippen molar-refractivity contribution in [3.05, 3.63) is 29.8 Å². The maximum Gasteiger partial charge on any atom is 0.308 e. The second-order valence-electron chi connectivity index (χ2n) is 3.48. The second-order valence-corrected chi connectivity index (χ2v) is 3.48. The van der Waals surface area contributed by atoms with Gasteiger partial charge < -0.3 is 9.47 Å². The molecule has 1 aromatic carbocycles. The average Bonchev–Trinajstić information content (AvgIpc) is 2.40. The van der Waals surface area contributed by atoms with Crippen molar-refractivity contribution in [3.8, 4) is 5.75 Å². The van der Waals surface area contributed by atoms with E-state index < -0.39 is 0 Å². The van der Waals surface area contributed by atoms with Crippen molar-refractivity contribution in [1.82, 2.24) is 0 Å². The Morgan fingerprint density at radius 3 is 2.12 bits per heavy atom. The molecule has 0 aromatic heterocycles. The first kappa shape index (κ1) is 15.5. The molecule has 0 aliphatic carbocycles. The summed E-state index contributed by atoms with van der Waals surface area (Å²) in [6.45, 7) is 5.86. The zero-order valence-electron chi connectivity index (χ0n) is 11.3. The molecule has 3 nitrogen and oxygen atoms in total. The van der Waals surface area contributed by atoms with Gasteiger partial charge in [-0.15, -0.1) is 0 Å². The van der Waals surface area contributed by atoms with Crippen molar-refractivity contribution in [2.45, 2.75) is 27.2 Å². The Morgan fingerprint density at radius 2 is 1.71 bits per heavy atom. The van der Waals surface area contributed by atoms with Gasteiger partial charge in [0.2, 0.25) is 0 Å². The summed E-state index contributed by atoms with van der Waals surface area (Å²) in [5.41, 5.74) is 1.11. The van der Waals surface area contributed by atoms with Crippen LogP contribution in [0.25, 0.3) is 0 Å². The standard InChI is InChI=1S/C12H16O3.C2H6/c1-9(12(13)15-3)8-10-4-6-11(14-2)7-5-10;1-2/h4-7,9H,8H2,1-3H3;1-2H3. The molecule has 0 N–H and O–H groups in total. The van der Waals surface area contributed by atoms with Gasteiger partial charge in [-0.1, -0.05) is 32.9 Å². The fourth-order valence-corrected chi connectivity index (χ4v) is 1.40. The molecule has 0 bridgehead atoms. The highest BCUT2D eigenvalue weighted by Gasteiger charge is 2.13. The van der Waals surface area contributed by atoms with Gasteiger partial charge >= 0.3 is 5.97 Å². The Morgan fingerprint density at radius 1 is 1.18 bits per heavy atom. The van der Waals surface area contributed by atoms with E-state index in [1.165, 1.54) is 7.11 Å². The highest BCUT2D eigenvalue weighted by atomic mass is 16.5. The maximum absolute atomic E-state index is 11.2. The van der Waals surface area contributed by atoms with Crippen molar-refractivity contribution < 1.29 is 14.3 Å². The van der Waals surface area contributed by atoms with E-state index in [2.05, 4.69) is 4.74 Å². The largest absolute Gasteiger partial charge is 0.497 e. The third-order valence-electron chi connectivity index (χ3n) is 2.30. The van der Waals surface area contributed by atoms with Gasteiger partial charge in [0.25, 0.3) is 0 Å². The minimum atomic E-state index is -0.175. The quantitative estimate of drug-likeness (QED) is 0.756. The van der Waals surface area contributed by atoms with Crippen LogP contribution in [0.5, 0.6) is 5.75 Å². The normalized spacial score (nSPS) is 10.9. The molecule has 1 rings (SSSR count). The first-order valence-electron chi connectivity index (χ1n) is 5.88.